The molecule has 4 heterocycles. The molecule has 1 aliphatic rings. The summed E-state index contributed by atoms with van der Waals surface area (Å²) in [7, 11) is 0. The molecule has 0 spiro atoms. The number of aryl methyl sites for hydroxylation is 1. The molecule has 0 aliphatic carbocycles. The SMILES string of the molecule is CCCCc1cn(CC2CCCN(C(=O)c3cn4cccnc4n3)C2)nn1. The van der Waals surface area contributed by atoms with Crippen LogP contribution in [0.3, 0.4) is 0 Å². The second-order valence-corrected chi connectivity index (χ2v) is 7.25. The van der Waals surface area contributed by atoms with Gasteiger partial charge in [-0.25, -0.2) is 9.97 Å². The van der Waals surface area contributed by atoms with Gasteiger partial charge < -0.3 is 4.90 Å². The lowest BCUT2D eigenvalue weighted by Gasteiger charge is -2.32. The number of carbonyl (C=O) groups is 1. The third kappa shape index (κ3) is 3.99. The predicted octanol–water partition coefficient (Wildman–Crippen LogP) is 2.22. The number of amides is 1. The summed E-state index contributed by atoms with van der Waals surface area (Å²) >= 11 is 0. The zero-order valence-corrected chi connectivity index (χ0v) is 15.7. The third-order valence-electron chi connectivity index (χ3n) is 5.08. The average molecular weight is 367 g/mol. The van der Waals surface area contributed by atoms with Gasteiger partial charge in [0.25, 0.3) is 5.91 Å². The van der Waals surface area contributed by atoms with Crippen LogP contribution in [-0.2, 0) is 13.0 Å². The molecular formula is C19H25N7O. The third-order valence-corrected chi connectivity index (χ3v) is 5.08. The highest BCUT2D eigenvalue weighted by atomic mass is 16.2. The second-order valence-electron chi connectivity index (χ2n) is 7.25. The van der Waals surface area contributed by atoms with Crippen LogP contribution in [0.1, 0.15) is 48.8 Å². The molecule has 1 saturated heterocycles. The molecule has 3 aromatic heterocycles. The molecular weight excluding hydrogens is 342 g/mol. The number of hydrogen-bond acceptors (Lipinski definition) is 5. The second kappa shape index (κ2) is 7.85. The molecule has 8 heteroatoms. The summed E-state index contributed by atoms with van der Waals surface area (Å²) in [6, 6.07) is 1.83. The van der Waals surface area contributed by atoms with Crippen molar-refractivity contribution >= 4 is 11.7 Å². The monoisotopic (exact) mass is 367 g/mol. The van der Waals surface area contributed by atoms with Crippen LogP contribution in [0, 0.1) is 5.92 Å². The summed E-state index contributed by atoms with van der Waals surface area (Å²) in [6.07, 6.45) is 12.7. The zero-order chi connectivity index (χ0) is 18.6. The normalized spacial score (nSPS) is 17.5. The average Bonchev–Trinajstić information content (AvgIpc) is 3.32. The Morgan fingerprint density at radius 2 is 2.26 bits per heavy atom. The summed E-state index contributed by atoms with van der Waals surface area (Å²) in [5.74, 6) is 0.919. The molecule has 142 valence electrons. The summed E-state index contributed by atoms with van der Waals surface area (Å²) in [6.45, 7) is 4.48. The van der Waals surface area contributed by atoms with Crippen LogP contribution in [0.15, 0.2) is 30.9 Å². The first-order valence-corrected chi connectivity index (χ1v) is 9.71. The molecule has 1 fully saturated rings. The van der Waals surface area contributed by atoms with Crippen molar-refractivity contribution in [3.63, 3.8) is 0 Å². The fourth-order valence-corrected chi connectivity index (χ4v) is 3.66. The van der Waals surface area contributed by atoms with E-state index in [4.69, 9.17) is 0 Å². The van der Waals surface area contributed by atoms with Crippen molar-refractivity contribution in [2.24, 2.45) is 5.92 Å². The number of unbranched alkanes of at least 4 members (excludes halogenated alkanes) is 1. The lowest BCUT2D eigenvalue weighted by molar-refractivity contribution is 0.0654. The molecule has 0 bridgehead atoms. The molecule has 1 aliphatic heterocycles. The first-order chi connectivity index (χ1) is 13.2. The van der Waals surface area contributed by atoms with Crippen molar-refractivity contribution in [2.75, 3.05) is 13.1 Å². The molecule has 0 N–H and O–H groups in total. The number of hydrogen-bond donors (Lipinski definition) is 0. The van der Waals surface area contributed by atoms with Gasteiger partial charge in [0.05, 0.1) is 5.69 Å². The van der Waals surface area contributed by atoms with E-state index in [-0.39, 0.29) is 5.91 Å². The maximum absolute atomic E-state index is 12.9. The van der Waals surface area contributed by atoms with Crippen LogP contribution in [0.2, 0.25) is 0 Å². The molecule has 3 aromatic rings. The largest absolute Gasteiger partial charge is 0.337 e. The fourth-order valence-electron chi connectivity index (χ4n) is 3.66. The summed E-state index contributed by atoms with van der Waals surface area (Å²) < 4.78 is 3.71. The van der Waals surface area contributed by atoms with Crippen LogP contribution >= 0.6 is 0 Å². The van der Waals surface area contributed by atoms with Crippen LogP contribution in [0.4, 0.5) is 0 Å². The standard InChI is InChI=1S/C19H25N7O/c1-2-3-7-16-13-26(23-22-16)12-15-6-4-9-24(11-15)18(27)17-14-25-10-5-8-20-19(25)21-17/h5,8,10,13-15H,2-4,6-7,9,11-12H2,1H3. The lowest BCUT2D eigenvalue weighted by atomic mass is 9.98. The van der Waals surface area contributed by atoms with Gasteiger partial charge in [-0.05, 0) is 37.7 Å². The van der Waals surface area contributed by atoms with E-state index in [2.05, 4.69) is 27.2 Å². The summed E-state index contributed by atoms with van der Waals surface area (Å²) in [5, 5.41) is 8.52. The van der Waals surface area contributed by atoms with Gasteiger partial charge >= 0.3 is 0 Å². The van der Waals surface area contributed by atoms with E-state index < -0.39 is 0 Å². The van der Waals surface area contributed by atoms with Gasteiger partial charge in [0.15, 0.2) is 0 Å². The van der Waals surface area contributed by atoms with E-state index >= 15 is 0 Å². The van der Waals surface area contributed by atoms with E-state index in [1.807, 2.05) is 28.0 Å². The van der Waals surface area contributed by atoms with E-state index in [1.165, 1.54) is 0 Å². The first kappa shape index (κ1) is 17.6. The zero-order valence-electron chi connectivity index (χ0n) is 15.7. The Hall–Kier alpha value is -2.77. The van der Waals surface area contributed by atoms with Crippen molar-refractivity contribution in [3.05, 3.63) is 42.2 Å². The Balaban J connectivity index is 1.40. The number of fused-ring (bicyclic) bond motifs is 1. The van der Waals surface area contributed by atoms with Gasteiger partial charge in [0.2, 0.25) is 5.78 Å². The molecule has 0 aromatic carbocycles. The van der Waals surface area contributed by atoms with Gasteiger partial charge in [0, 0.05) is 44.4 Å². The number of nitrogens with zero attached hydrogens (tertiary/aromatic N) is 7. The van der Waals surface area contributed by atoms with Gasteiger partial charge in [-0.15, -0.1) is 5.10 Å². The van der Waals surface area contributed by atoms with Gasteiger partial charge in [-0.1, -0.05) is 18.6 Å². The molecule has 27 heavy (non-hydrogen) atoms. The van der Waals surface area contributed by atoms with Gasteiger partial charge in [-0.3, -0.25) is 13.9 Å². The Kier molecular flexibility index (Phi) is 5.13. The molecule has 4 rings (SSSR count). The Morgan fingerprint density at radius 3 is 3.11 bits per heavy atom. The molecule has 0 radical (unpaired) electrons. The van der Waals surface area contributed by atoms with E-state index in [0.717, 1.165) is 57.4 Å². The number of piperidine rings is 1. The fraction of sp³-hybridized carbons (Fsp3) is 0.526. The Labute approximate surface area is 158 Å². The highest BCUT2D eigenvalue weighted by Crippen LogP contribution is 2.20. The number of imidazole rings is 1. The van der Waals surface area contributed by atoms with Crippen LogP contribution in [-0.4, -0.2) is 53.3 Å². The van der Waals surface area contributed by atoms with Crippen molar-refractivity contribution in [1.29, 1.82) is 0 Å². The quantitative estimate of drug-likeness (QED) is 0.667. The Bertz CT molecular complexity index is 883. The number of aromatic nitrogens is 6. The molecule has 8 nitrogen and oxygen atoms in total. The minimum Gasteiger partial charge on any atom is -0.337 e. The van der Waals surface area contributed by atoms with E-state index in [9.17, 15) is 4.79 Å². The lowest BCUT2D eigenvalue weighted by Crippen LogP contribution is -2.41. The van der Waals surface area contributed by atoms with E-state index in [0.29, 0.717) is 17.4 Å². The molecule has 1 atom stereocenters. The first-order valence-electron chi connectivity index (χ1n) is 9.71. The minimum atomic E-state index is -0.0209. The number of carbonyl (C=O) groups excluding carboxylic acids is 1. The van der Waals surface area contributed by atoms with Crippen LogP contribution in [0.5, 0.6) is 0 Å². The van der Waals surface area contributed by atoms with Crippen molar-refractivity contribution in [2.45, 2.75) is 45.6 Å². The van der Waals surface area contributed by atoms with Crippen molar-refractivity contribution in [1.82, 2.24) is 34.3 Å². The minimum absolute atomic E-state index is 0.0209. The van der Waals surface area contributed by atoms with Crippen molar-refractivity contribution in [3.8, 4) is 0 Å². The summed E-state index contributed by atoms with van der Waals surface area (Å²) in [4.78, 5) is 23.3. The molecule has 1 unspecified atom stereocenters. The number of likely N-dealkylation sites (tertiary alicyclic amines) is 1. The van der Waals surface area contributed by atoms with Gasteiger partial charge in [-0.2, -0.15) is 0 Å². The topological polar surface area (TPSA) is 81.2 Å². The summed E-state index contributed by atoms with van der Waals surface area (Å²) in [5.41, 5.74) is 1.51. The maximum Gasteiger partial charge on any atom is 0.274 e. The van der Waals surface area contributed by atoms with Crippen molar-refractivity contribution < 1.29 is 4.79 Å². The highest BCUT2D eigenvalue weighted by Gasteiger charge is 2.26. The Morgan fingerprint density at radius 1 is 1.33 bits per heavy atom. The van der Waals surface area contributed by atoms with Crippen LogP contribution < -0.4 is 0 Å². The van der Waals surface area contributed by atoms with Crippen LogP contribution in [0.25, 0.3) is 5.78 Å². The highest BCUT2D eigenvalue weighted by molar-refractivity contribution is 5.92. The molecule has 1 amide bonds. The number of rotatable bonds is 6. The van der Waals surface area contributed by atoms with E-state index in [1.54, 1.807) is 16.8 Å². The predicted molar refractivity (Wildman–Crippen MR) is 100 cm³/mol. The molecule has 0 saturated carbocycles. The maximum atomic E-state index is 12.9. The van der Waals surface area contributed by atoms with Gasteiger partial charge in [0.1, 0.15) is 5.69 Å². The smallest absolute Gasteiger partial charge is 0.274 e.